The lowest BCUT2D eigenvalue weighted by Crippen LogP contribution is -2.10. The monoisotopic (exact) mass is 227 g/mol. The van der Waals surface area contributed by atoms with Crippen molar-refractivity contribution in [1.29, 1.82) is 0 Å². The Morgan fingerprint density at radius 1 is 1.27 bits per heavy atom. The SMILES string of the molecule is CCNCc1ccc(CSC(C)(C)C)o1. The molecule has 15 heavy (non-hydrogen) atoms. The van der Waals surface area contributed by atoms with Gasteiger partial charge in [0.15, 0.2) is 0 Å². The first-order valence-corrected chi connectivity index (χ1v) is 6.42. The number of thioether (sulfide) groups is 1. The van der Waals surface area contributed by atoms with Crippen molar-refractivity contribution in [2.75, 3.05) is 6.54 Å². The Bertz CT molecular complexity index is 288. The van der Waals surface area contributed by atoms with Crippen LogP contribution in [0.4, 0.5) is 0 Å². The van der Waals surface area contributed by atoms with E-state index in [4.69, 9.17) is 4.42 Å². The van der Waals surface area contributed by atoms with Crippen molar-refractivity contribution in [3.8, 4) is 0 Å². The molecule has 2 nitrogen and oxygen atoms in total. The summed E-state index contributed by atoms with van der Waals surface area (Å²) in [7, 11) is 0. The number of nitrogens with one attached hydrogen (secondary N) is 1. The van der Waals surface area contributed by atoms with E-state index in [0.29, 0.717) is 4.75 Å². The molecule has 0 spiro atoms. The van der Waals surface area contributed by atoms with E-state index in [2.05, 4.69) is 45.1 Å². The molecule has 1 heterocycles. The molecule has 0 bridgehead atoms. The summed E-state index contributed by atoms with van der Waals surface area (Å²) < 4.78 is 6.00. The maximum absolute atomic E-state index is 5.70. The van der Waals surface area contributed by atoms with Gasteiger partial charge in [0, 0.05) is 4.75 Å². The number of hydrogen-bond donors (Lipinski definition) is 1. The highest BCUT2D eigenvalue weighted by molar-refractivity contribution is 7.99. The molecular formula is C12H21NOS. The molecule has 0 aliphatic carbocycles. The second-order valence-electron chi connectivity index (χ2n) is 4.55. The molecule has 1 rings (SSSR count). The molecular weight excluding hydrogens is 206 g/mol. The average Bonchev–Trinajstić information content (AvgIpc) is 2.58. The molecule has 1 aromatic heterocycles. The molecule has 1 N–H and O–H groups in total. The van der Waals surface area contributed by atoms with Crippen LogP contribution >= 0.6 is 11.8 Å². The van der Waals surface area contributed by atoms with Crippen LogP contribution < -0.4 is 5.32 Å². The van der Waals surface area contributed by atoms with Crippen molar-refractivity contribution >= 4 is 11.8 Å². The molecule has 0 aliphatic heterocycles. The first-order chi connectivity index (χ1) is 7.01. The van der Waals surface area contributed by atoms with E-state index in [-0.39, 0.29) is 0 Å². The summed E-state index contributed by atoms with van der Waals surface area (Å²) in [5.74, 6) is 3.06. The summed E-state index contributed by atoms with van der Waals surface area (Å²) >= 11 is 1.91. The molecule has 0 aromatic carbocycles. The van der Waals surface area contributed by atoms with E-state index in [1.54, 1.807) is 0 Å². The molecule has 0 radical (unpaired) electrons. The average molecular weight is 227 g/mol. The standard InChI is InChI=1S/C12H21NOS/c1-5-13-8-10-6-7-11(14-10)9-15-12(2,3)4/h6-7,13H,5,8-9H2,1-4H3. The molecule has 0 saturated carbocycles. The highest BCUT2D eigenvalue weighted by atomic mass is 32.2. The van der Waals surface area contributed by atoms with E-state index in [0.717, 1.165) is 30.4 Å². The summed E-state index contributed by atoms with van der Waals surface area (Å²) in [6.45, 7) is 10.6. The van der Waals surface area contributed by atoms with Gasteiger partial charge < -0.3 is 9.73 Å². The zero-order valence-corrected chi connectivity index (χ0v) is 10.9. The van der Waals surface area contributed by atoms with Crippen molar-refractivity contribution in [2.24, 2.45) is 0 Å². The lowest BCUT2D eigenvalue weighted by molar-refractivity contribution is 0.462. The minimum Gasteiger partial charge on any atom is -0.464 e. The van der Waals surface area contributed by atoms with Crippen LogP contribution in [-0.2, 0) is 12.3 Å². The summed E-state index contributed by atoms with van der Waals surface area (Å²) in [6, 6.07) is 4.13. The van der Waals surface area contributed by atoms with Crippen LogP contribution in [0.25, 0.3) is 0 Å². The number of hydrogen-bond acceptors (Lipinski definition) is 3. The predicted octanol–water partition coefficient (Wildman–Crippen LogP) is 3.42. The molecule has 0 saturated heterocycles. The van der Waals surface area contributed by atoms with Crippen LogP contribution in [0, 0.1) is 0 Å². The Hall–Kier alpha value is -0.410. The second kappa shape index (κ2) is 5.61. The minimum absolute atomic E-state index is 0.300. The van der Waals surface area contributed by atoms with Gasteiger partial charge in [0.1, 0.15) is 11.5 Å². The van der Waals surface area contributed by atoms with Crippen molar-refractivity contribution in [3.05, 3.63) is 23.7 Å². The topological polar surface area (TPSA) is 25.2 Å². The molecule has 0 amide bonds. The van der Waals surface area contributed by atoms with E-state index in [9.17, 15) is 0 Å². The van der Waals surface area contributed by atoms with Crippen molar-refractivity contribution in [3.63, 3.8) is 0 Å². The van der Waals surface area contributed by atoms with Crippen LogP contribution in [-0.4, -0.2) is 11.3 Å². The summed E-state index contributed by atoms with van der Waals surface area (Å²) in [6.07, 6.45) is 0. The van der Waals surface area contributed by atoms with Crippen LogP contribution in [0.5, 0.6) is 0 Å². The third-order valence-electron chi connectivity index (χ3n) is 1.91. The van der Waals surface area contributed by atoms with Gasteiger partial charge in [-0.3, -0.25) is 0 Å². The fourth-order valence-electron chi connectivity index (χ4n) is 1.13. The Kier molecular flexibility index (Phi) is 4.74. The third-order valence-corrected chi connectivity index (χ3v) is 3.21. The van der Waals surface area contributed by atoms with Gasteiger partial charge in [-0.15, -0.1) is 11.8 Å². The maximum atomic E-state index is 5.70. The van der Waals surface area contributed by atoms with Crippen molar-refractivity contribution < 1.29 is 4.42 Å². The van der Waals surface area contributed by atoms with Gasteiger partial charge in [0.2, 0.25) is 0 Å². The van der Waals surface area contributed by atoms with Gasteiger partial charge in [-0.25, -0.2) is 0 Å². The van der Waals surface area contributed by atoms with Gasteiger partial charge in [0.05, 0.1) is 12.3 Å². The Morgan fingerprint density at radius 3 is 2.53 bits per heavy atom. The molecule has 3 heteroatoms. The van der Waals surface area contributed by atoms with Gasteiger partial charge in [-0.1, -0.05) is 27.7 Å². The predicted molar refractivity (Wildman–Crippen MR) is 67.1 cm³/mol. The quantitative estimate of drug-likeness (QED) is 0.834. The number of rotatable bonds is 5. The fraction of sp³-hybridized carbons (Fsp3) is 0.667. The maximum Gasteiger partial charge on any atom is 0.117 e. The second-order valence-corrected chi connectivity index (χ2v) is 6.35. The van der Waals surface area contributed by atoms with Gasteiger partial charge >= 0.3 is 0 Å². The zero-order valence-electron chi connectivity index (χ0n) is 10.1. The largest absolute Gasteiger partial charge is 0.464 e. The lowest BCUT2D eigenvalue weighted by Gasteiger charge is -2.16. The number of furan rings is 1. The van der Waals surface area contributed by atoms with E-state index < -0.39 is 0 Å². The van der Waals surface area contributed by atoms with Crippen LogP contribution in [0.15, 0.2) is 16.5 Å². The van der Waals surface area contributed by atoms with Crippen LogP contribution in [0.3, 0.4) is 0 Å². The van der Waals surface area contributed by atoms with Crippen molar-refractivity contribution in [1.82, 2.24) is 5.32 Å². The Morgan fingerprint density at radius 2 is 1.93 bits per heavy atom. The molecule has 0 aliphatic rings. The smallest absolute Gasteiger partial charge is 0.117 e. The van der Waals surface area contributed by atoms with Gasteiger partial charge in [-0.05, 0) is 18.7 Å². The fourth-order valence-corrected chi connectivity index (χ4v) is 1.86. The first-order valence-electron chi connectivity index (χ1n) is 5.43. The van der Waals surface area contributed by atoms with Crippen LogP contribution in [0.1, 0.15) is 39.2 Å². The molecule has 0 atom stereocenters. The van der Waals surface area contributed by atoms with Gasteiger partial charge in [-0.2, -0.15) is 0 Å². The minimum atomic E-state index is 0.300. The van der Waals surface area contributed by atoms with Gasteiger partial charge in [0.25, 0.3) is 0 Å². The van der Waals surface area contributed by atoms with E-state index >= 15 is 0 Å². The molecule has 1 aromatic rings. The lowest BCUT2D eigenvalue weighted by atomic mass is 10.3. The van der Waals surface area contributed by atoms with E-state index in [1.807, 2.05) is 11.8 Å². The highest BCUT2D eigenvalue weighted by Crippen LogP contribution is 2.27. The molecule has 86 valence electrons. The van der Waals surface area contributed by atoms with Crippen LogP contribution in [0.2, 0.25) is 0 Å². The zero-order chi connectivity index (χ0) is 11.3. The summed E-state index contributed by atoms with van der Waals surface area (Å²) in [4.78, 5) is 0. The Balaban J connectivity index is 2.39. The third kappa shape index (κ3) is 5.28. The highest BCUT2D eigenvalue weighted by Gasteiger charge is 2.12. The Labute approximate surface area is 96.8 Å². The summed E-state index contributed by atoms with van der Waals surface area (Å²) in [5.41, 5.74) is 0. The first kappa shape index (κ1) is 12.7. The molecule has 0 fully saturated rings. The van der Waals surface area contributed by atoms with Crippen molar-refractivity contribution in [2.45, 2.75) is 44.7 Å². The summed E-state index contributed by atoms with van der Waals surface area (Å²) in [5, 5.41) is 3.25. The normalized spacial score (nSPS) is 12.0. The molecule has 0 unspecified atom stereocenters. The van der Waals surface area contributed by atoms with E-state index in [1.165, 1.54) is 0 Å².